The van der Waals surface area contributed by atoms with Gasteiger partial charge in [0.15, 0.2) is 0 Å². The minimum Gasteiger partial charge on any atom is -0.392 e. The van der Waals surface area contributed by atoms with Crippen molar-refractivity contribution in [2.24, 2.45) is 0 Å². The van der Waals surface area contributed by atoms with Gasteiger partial charge in [0.25, 0.3) is 0 Å². The van der Waals surface area contributed by atoms with Crippen LogP contribution in [0.1, 0.15) is 18.9 Å². The Bertz CT molecular complexity index is 782. The van der Waals surface area contributed by atoms with E-state index in [0.717, 1.165) is 41.0 Å². The molecule has 0 radical (unpaired) electrons. The van der Waals surface area contributed by atoms with Crippen LogP contribution in [-0.2, 0) is 17.9 Å². The summed E-state index contributed by atoms with van der Waals surface area (Å²) >= 11 is 0. The van der Waals surface area contributed by atoms with Crippen molar-refractivity contribution in [3.63, 3.8) is 0 Å². The van der Waals surface area contributed by atoms with Crippen molar-refractivity contribution in [3.8, 4) is 22.4 Å². The lowest BCUT2D eigenvalue weighted by atomic mass is 10.0. The molecule has 0 aliphatic carbocycles. The predicted octanol–water partition coefficient (Wildman–Crippen LogP) is 3.53. The molecule has 130 valence electrons. The lowest BCUT2D eigenvalue weighted by Crippen LogP contribution is -2.07. The first-order valence-electron chi connectivity index (χ1n) is 8.57. The number of aliphatic hydroxyl groups excluding tert-OH is 1. The summed E-state index contributed by atoms with van der Waals surface area (Å²) in [6.45, 7) is 4.28. The molecule has 5 heteroatoms. The molecule has 3 rings (SSSR count). The van der Waals surface area contributed by atoms with Gasteiger partial charge in [-0.15, -0.1) is 0 Å². The summed E-state index contributed by atoms with van der Waals surface area (Å²) in [4.78, 5) is 4.09. The number of rotatable bonds is 8. The lowest BCUT2D eigenvalue weighted by molar-refractivity contribution is 0.124. The second kappa shape index (κ2) is 8.55. The largest absolute Gasteiger partial charge is 0.392 e. The molecule has 3 aromatic rings. The summed E-state index contributed by atoms with van der Waals surface area (Å²) in [6, 6.07) is 11.8. The van der Waals surface area contributed by atoms with E-state index in [1.54, 1.807) is 12.4 Å². The Labute approximate surface area is 147 Å². The molecule has 2 aromatic heterocycles. The lowest BCUT2D eigenvalue weighted by Gasteiger charge is -2.03. The summed E-state index contributed by atoms with van der Waals surface area (Å²) < 4.78 is 7.51. The third-order valence-electron chi connectivity index (χ3n) is 3.98. The molecule has 0 fully saturated rings. The van der Waals surface area contributed by atoms with E-state index in [1.165, 1.54) is 0 Å². The second-order valence-corrected chi connectivity index (χ2v) is 5.86. The number of pyridine rings is 1. The highest BCUT2D eigenvalue weighted by Crippen LogP contribution is 2.31. The van der Waals surface area contributed by atoms with Crippen LogP contribution in [0.5, 0.6) is 0 Å². The number of aromatic nitrogens is 3. The number of hydrogen-bond acceptors (Lipinski definition) is 4. The van der Waals surface area contributed by atoms with Gasteiger partial charge in [-0.2, -0.15) is 5.10 Å². The second-order valence-electron chi connectivity index (χ2n) is 5.86. The maximum absolute atomic E-state index is 9.24. The molecule has 5 nitrogen and oxygen atoms in total. The molecule has 0 unspecified atom stereocenters. The smallest absolute Gasteiger partial charge is 0.100 e. The molecule has 0 aliphatic heterocycles. The zero-order valence-corrected chi connectivity index (χ0v) is 14.4. The van der Waals surface area contributed by atoms with Gasteiger partial charge in [-0.1, -0.05) is 31.2 Å². The number of benzene rings is 1. The number of ether oxygens (including phenoxy) is 1. The molecular formula is C20H23N3O2. The SMILES string of the molecule is CCCOCCn1cc(-c2ccc(CO)cc2)c(-c2ccncc2)n1. The van der Waals surface area contributed by atoms with E-state index in [-0.39, 0.29) is 6.61 Å². The van der Waals surface area contributed by atoms with Gasteiger partial charge in [0.2, 0.25) is 0 Å². The average Bonchev–Trinajstić information content (AvgIpc) is 3.10. The number of hydrogen-bond donors (Lipinski definition) is 1. The molecular weight excluding hydrogens is 314 g/mol. The highest BCUT2D eigenvalue weighted by molar-refractivity contribution is 5.80. The van der Waals surface area contributed by atoms with E-state index in [1.807, 2.05) is 41.1 Å². The Hall–Kier alpha value is -2.50. The van der Waals surface area contributed by atoms with Gasteiger partial charge in [0, 0.05) is 36.3 Å². The third-order valence-corrected chi connectivity index (χ3v) is 3.98. The first-order chi connectivity index (χ1) is 12.3. The highest BCUT2D eigenvalue weighted by Gasteiger charge is 2.13. The normalized spacial score (nSPS) is 11.0. The Kier molecular flexibility index (Phi) is 5.93. The summed E-state index contributed by atoms with van der Waals surface area (Å²) in [5.74, 6) is 0. The van der Waals surface area contributed by atoms with E-state index >= 15 is 0 Å². The van der Waals surface area contributed by atoms with E-state index in [4.69, 9.17) is 9.84 Å². The van der Waals surface area contributed by atoms with Gasteiger partial charge in [-0.3, -0.25) is 9.67 Å². The molecule has 2 heterocycles. The molecule has 0 bridgehead atoms. The average molecular weight is 337 g/mol. The maximum Gasteiger partial charge on any atom is 0.100 e. The van der Waals surface area contributed by atoms with Crippen LogP contribution < -0.4 is 0 Å². The molecule has 0 aliphatic rings. The Morgan fingerprint density at radius 2 is 1.76 bits per heavy atom. The molecule has 1 aromatic carbocycles. The van der Waals surface area contributed by atoms with Gasteiger partial charge in [0.05, 0.1) is 19.8 Å². The molecule has 0 amide bonds. The standard InChI is InChI=1S/C20H23N3O2/c1-2-12-25-13-11-23-14-19(17-5-3-16(15-24)4-6-17)20(22-23)18-7-9-21-10-8-18/h3-10,14,24H,2,11-13,15H2,1H3. The minimum atomic E-state index is 0.0471. The quantitative estimate of drug-likeness (QED) is 0.639. The van der Waals surface area contributed by atoms with Crippen LogP contribution in [-0.4, -0.2) is 33.1 Å². The fourth-order valence-corrected chi connectivity index (χ4v) is 2.66. The van der Waals surface area contributed by atoms with Crippen molar-refractivity contribution in [1.29, 1.82) is 0 Å². The summed E-state index contributed by atoms with van der Waals surface area (Å²) in [5.41, 5.74) is 4.99. The Morgan fingerprint density at radius 3 is 2.44 bits per heavy atom. The van der Waals surface area contributed by atoms with Crippen molar-refractivity contribution in [1.82, 2.24) is 14.8 Å². The molecule has 0 spiro atoms. The van der Waals surface area contributed by atoms with Crippen molar-refractivity contribution in [2.75, 3.05) is 13.2 Å². The highest BCUT2D eigenvalue weighted by atomic mass is 16.5. The number of aliphatic hydroxyl groups is 1. The van der Waals surface area contributed by atoms with E-state index in [0.29, 0.717) is 13.2 Å². The molecule has 0 saturated heterocycles. The summed E-state index contributed by atoms with van der Waals surface area (Å²) in [5, 5.41) is 14.0. The fourth-order valence-electron chi connectivity index (χ4n) is 2.66. The van der Waals surface area contributed by atoms with Crippen LogP contribution in [0.4, 0.5) is 0 Å². The zero-order chi connectivity index (χ0) is 17.5. The Morgan fingerprint density at radius 1 is 1.00 bits per heavy atom. The van der Waals surface area contributed by atoms with Crippen LogP contribution in [0.25, 0.3) is 22.4 Å². The van der Waals surface area contributed by atoms with Crippen LogP contribution in [0.15, 0.2) is 55.0 Å². The van der Waals surface area contributed by atoms with Gasteiger partial charge >= 0.3 is 0 Å². The van der Waals surface area contributed by atoms with Crippen LogP contribution in [0.3, 0.4) is 0 Å². The summed E-state index contributed by atoms with van der Waals surface area (Å²) in [7, 11) is 0. The van der Waals surface area contributed by atoms with Gasteiger partial charge < -0.3 is 9.84 Å². The molecule has 25 heavy (non-hydrogen) atoms. The van der Waals surface area contributed by atoms with Gasteiger partial charge in [-0.05, 0) is 29.7 Å². The van der Waals surface area contributed by atoms with E-state index in [9.17, 15) is 5.11 Å². The van der Waals surface area contributed by atoms with Crippen LogP contribution >= 0.6 is 0 Å². The van der Waals surface area contributed by atoms with Gasteiger partial charge in [-0.25, -0.2) is 0 Å². The fraction of sp³-hybridized carbons (Fsp3) is 0.300. The first-order valence-corrected chi connectivity index (χ1v) is 8.57. The van der Waals surface area contributed by atoms with Crippen LogP contribution in [0.2, 0.25) is 0 Å². The maximum atomic E-state index is 9.24. The topological polar surface area (TPSA) is 60.2 Å². The first kappa shape index (κ1) is 17.3. The monoisotopic (exact) mass is 337 g/mol. The molecule has 1 N–H and O–H groups in total. The number of nitrogens with zero attached hydrogens (tertiary/aromatic N) is 3. The minimum absolute atomic E-state index is 0.0471. The van der Waals surface area contributed by atoms with Gasteiger partial charge in [0.1, 0.15) is 5.69 Å². The van der Waals surface area contributed by atoms with Crippen molar-refractivity contribution in [2.45, 2.75) is 26.5 Å². The van der Waals surface area contributed by atoms with Crippen molar-refractivity contribution >= 4 is 0 Å². The Balaban J connectivity index is 1.92. The van der Waals surface area contributed by atoms with Crippen molar-refractivity contribution in [3.05, 3.63) is 60.6 Å². The van der Waals surface area contributed by atoms with E-state index < -0.39 is 0 Å². The van der Waals surface area contributed by atoms with Crippen LogP contribution in [0, 0.1) is 0 Å². The zero-order valence-electron chi connectivity index (χ0n) is 14.4. The summed E-state index contributed by atoms with van der Waals surface area (Å²) in [6.07, 6.45) is 6.62. The van der Waals surface area contributed by atoms with Crippen molar-refractivity contribution < 1.29 is 9.84 Å². The third kappa shape index (κ3) is 4.32. The van der Waals surface area contributed by atoms with E-state index in [2.05, 4.69) is 18.1 Å². The molecule has 0 saturated carbocycles. The predicted molar refractivity (Wildman–Crippen MR) is 97.9 cm³/mol. The molecule has 0 atom stereocenters.